The highest BCUT2D eigenvalue weighted by molar-refractivity contribution is 5.14. The van der Waals surface area contributed by atoms with E-state index in [-0.39, 0.29) is 12.1 Å². The molecule has 96 valence electrons. The van der Waals surface area contributed by atoms with Crippen LogP contribution in [0.4, 0.5) is 8.78 Å². The van der Waals surface area contributed by atoms with E-state index in [0.29, 0.717) is 6.54 Å². The van der Waals surface area contributed by atoms with Crippen molar-refractivity contribution in [1.29, 1.82) is 0 Å². The summed E-state index contributed by atoms with van der Waals surface area (Å²) in [6, 6.07) is 0. The minimum atomic E-state index is -0.311. The van der Waals surface area contributed by atoms with Gasteiger partial charge in [-0.1, -0.05) is 27.7 Å². The van der Waals surface area contributed by atoms with Crippen LogP contribution in [-0.2, 0) is 0 Å². The van der Waals surface area contributed by atoms with Gasteiger partial charge in [0.15, 0.2) is 0 Å². The molecule has 0 saturated carbocycles. The summed E-state index contributed by atoms with van der Waals surface area (Å²) < 4.78 is 24.8. The number of halogens is 2. The van der Waals surface area contributed by atoms with Crippen LogP contribution in [0.5, 0.6) is 0 Å². The maximum Gasteiger partial charge on any atom is 0.102 e. The molecule has 1 atom stereocenters. The Labute approximate surface area is 98.5 Å². The molecule has 0 amide bonds. The lowest BCUT2D eigenvalue weighted by molar-refractivity contribution is 0.139. The first-order valence-corrected chi connectivity index (χ1v) is 6.24. The van der Waals surface area contributed by atoms with Crippen LogP contribution < -0.4 is 0 Å². The van der Waals surface area contributed by atoms with Gasteiger partial charge in [0, 0.05) is 25.0 Å². The molecule has 1 aliphatic heterocycles. The minimum absolute atomic E-state index is 0.0951. The average molecular weight is 233 g/mol. The Morgan fingerprint density at radius 2 is 2.06 bits per heavy atom. The number of piperidine rings is 1. The number of nitrogens with zero attached hydrogens (tertiary/aromatic N) is 1. The van der Waals surface area contributed by atoms with Gasteiger partial charge >= 0.3 is 0 Å². The molecular formula is C13H25F2N. The van der Waals surface area contributed by atoms with Crippen molar-refractivity contribution >= 4 is 0 Å². The largest absolute Gasteiger partial charge is 0.300 e. The molecule has 1 aliphatic rings. The Morgan fingerprint density at radius 1 is 1.44 bits per heavy atom. The molecule has 1 saturated heterocycles. The van der Waals surface area contributed by atoms with E-state index in [4.69, 9.17) is 0 Å². The van der Waals surface area contributed by atoms with E-state index in [2.05, 4.69) is 18.7 Å². The van der Waals surface area contributed by atoms with Crippen molar-refractivity contribution in [3.8, 4) is 0 Å². The lowest BCUT2D eigenvalue weighted by atomic mass is 9.76. The molecule has 0 spiro atoms. The molecule has 16 heavy (non-hydrogen) atoms. The Hall–Kier alpha value is -0.440. The summed E-state index contributed by atoms with van der Waals surface area (Å²) >= 11 is 0. The molecule has 1 heterocycles. The van der Waals surface area contributed by atoms with Gasteiger partial charge in [-0.25, -0.2) is 8.78 Å². The Balaban J connectivity index is 0.00000106. The van der Waals surface area contributed by atoms with Gasteiger partial charge in [0.1, 0.15) is 6.67 Å². The zero-order chi connectivity index (χ0) is 12.6. The summed E-state index contributed by atoms with van der Waals surface area (Å²) in [5.74, 6) is 0. The predicted molar refractivity (Wildman–Crippen MR) is 66.0 cm³/mol. The zero-order valence-corrected chi connectivity index (χ0v) is 11.0. The second kappa shape index (κ2) is 7.77. The number of hydrogen-bond donors (Lipinski definition) is 0. The fourth-order valence-corrected chi connectivity index (χ4v) is 2.09. The van der Waals surface area contributed by atoms with Crippen molar-refractivity contribution in [2.75, 3.05) is 26.3 Å². The second-order valence-corrected chi connectivity index (χ2v) is 4.26. The summed E-state index contributed by atoms with van der Waals surface area (Å²) in [5.41, 5.74) is 0.789. The van der Waals surface area contributed by atoms with Crippen molar-refractivity contribution in [2.24, 2.45) is 5.41 Å². The van der Waals surface area contributed by atoms with E-state index >= 15 is 0 Å². The number of hydrogen-bond acceptors (Lipinski definition) is 1. The summed E-state index contributed by atoms with van der Waals surface area (Å²) in [6.07, 6.45) is 2.39. The molecule has 0 N–H and O–H groups in total. The van der Waals surface area contributed by atoms with E-state index in [1.807, 2.05) is 13.8 Å². The predicted octanol–water partition coefficient (Wildman–Crippen LogP) is 3.96. The van der Waals surface area contributed by atoms with Crippen LogP contribution in [0, 0.1) is 5.41 Å². The number of alkyl halides is 1. The maximum absolute atomic E-state index is 12.6. The molecule has 0 aromatic carbocycles. The molecule has 0 unspecified atom stereocenters. The van der Waals surface area contributed by atoms with E-state index < -0.39 is 0 Å². The third-order valence-electron chi connectivity index (χ3n) is 3.36. The van der Waals surface area contributed by atoms with Gasteiger partial charge in [-0.05, 0) is 18.4 Å². The summed E-state index contributed by atoms with van der Waals surface area (Å²) in [4.78, 5) is 2.08. The molecule has 0 radical (unpaired) electrons. The summed E-state index contributed by atoms with van der Waals surface area (Å²) in [5, 5.41) is 0. The molecule has 3 heteroatoms. The van der Waals surface area contributed by atoms with Crippen molar-refractivity contribution in [2.45, 2.75) is 40.5 Å². The normalized spacial score (nSPS) is 28.8. The van der Waals surface area contributed by atoms with Crippen molar-refractivity contribution in [3.05, 3.63) is 11.9 Å². The molecule has 1 nitrogen and oxygen atoms in total. The summed E-state index contributed by atoms with van der Waals surface area (Å²) in [6.45, 7) is 9.85. The van der Waals surface area contributed by atoms with E-state index in [0.717, 1.165) is 37.8 Å². The summed E-state index contributed by atoms with van der Waals surface area (Å²) in [7, 11) is 0. The molecule has 1 fully saturated rings. The smallest absolute Gasteiger partial charge is 0.102 e. The monoisotopic (exact) mass is 233 g/mol. The van der Waals surface area contributed by atoms with Gasteiger partial charge in [-0.3, -0.25) is 4.90 Å². The van der Waals surface area contributed by atoms with Crippen molar-refractivity contribution in [1.82, 2.24) is 4.90 Å². The fraction of sp³-hybridized carbons (Fsp3) is 0.846. The highest BCUT2D eigenvalue weighted by Gasteiger charge is 2.33. The van der Waals surface area contributed by atoms with E-state index in [9.17, 15) is 8.78 Å². The topological polar surface area (TPSA) is 3.24 Å². The Morgan fingerprint density at radius 3 is 2.50 bits per heavy atom. The Kier molecular flexibility index (Phi) is 7.56. The van der Waals surface area contributed by atoms with Gasteiger partial charge in [-0.15, -0.1) is 0 Å². The van der Waals surface area contributed by atoms with Crippen LogP contribution in [0.2, 0.25) is 0 Å². The highest BCUT2D eigenvalue weighted by atomic mass is 19.1. The van der Waals surface area contributed by atoms with Crippen LogP contribution >= 0.6 is 0 Å². The fourth-order valence-electron chi connectivity index (χ4n) is 2.09. The first kappa shape index (κ1) is 15.6. The van der Waals surface area contributed by atoms with E-state index in [1.165, 1.54) is 0 Å². The molecule has 1 rings (SSSR count). The zero-order valence-electron chi connectivity index (χ0n) is 11.0. The first-order chi connectivity index (χ1) is 7.66. The molecule has 0 aliphatic carbocycles. The molecule has 0 aromatic rings. The van der Waals surface area contributed by atoms with Gasteiger partial charge in [0.05, 0.1) is 6.33 Å². The SMILES string of the molecule is CC.CC[C@]1(C)CN(CCF)CC/C1=C\F. The van der Waals surface area contributed by atoms with Gasteiger partial charge in [0.25, 0.3) is 0 Å². The third kappa shape index (κ3) is 3.85. The van der Waals surface area contributed by atoms with Crippen molar-refractivity contribution in [3.63, 3.8) is 0 Å². The number of rotatable bonds is 3. The third-order valence-corrected chi connectivity index (χ3v) is 3.36. The van der Waals surface area contributed by atoms with E-state index in [1.54, 1.807) is 0 Å². The number of likely N-dealkylation sites (tertiary alicyclic amines) is 1. The van der Waals surface area contributed by atoms with Gasteiger partial charge in [-0.2, -0.15) is 0 Å². The first-order valence-electron chi connectivity index (χ1n) is 6.24. The average Bonchev–Trinajstić information content (AvgIpc) is 2.32. The quantitative estimate of drug-likeness (QED) is 0.713. The molecule has 0 bridgehead atoms. The standard InChI is InChI=1S/C11H19F2N.C2H6/c1-3-11(2)9-14(7-5-12)6-4-10(11)8-13;1-2/h8H,3-7,9H2,1-2H3;1-2H3/b10-8+;/t11-;/m1./s1. The highest BCUT2D eigenvalue weighted by Crippen LogP contribution is 2.37. The lowest BCUT2D eigenvalue weighted by Crippen LogP contribution is -2.43. The van der Waals surface area contributed by atoms with Crippen LogP contribution in [0.3, 0.4) is 0 Å². The molecule has 0 aromatic heterocycles. The Bertz CT molecular complexity index is 216. The van der Waals surface area contributed by atoms with Gasteiger partial charge < -0.3 is 0 Å². The van der Waals surface area contributed by atoms with Crippen molar-refractivity contribution < 1.29 is 8.78 Å². The lowest BCUT2D eigenvalue weighted by Gasteiger charge is -2.41. The maximum atomic E-state index is 12.6. The van der Waals surface area contributed by atoms with Gasteiger partial charge in [0.2, 0.25) is 0 Å². The second-order valence-electron chi connectivity index (χ2n) is 4.26. The minimum Gasteiger partial charge on any atom is -0.300 e. The van der Waals surface area contributed by atoms with Crippen LogP contribution in [-0.4, -0.2) is 31.2 Å². The van der Waals surface area contributed by atoms with Crippen LogP contribution in [0.1, 0.15) is 40.5 Å². The van der Waals surface area contributed by atoms with Crippen LogP contribution in [0.15, 0.2) is 11.9 Å². The van der Waals surface area contributed by atoms with Crippen LogP contribution in [0.25, 0.3) is 0 Å². The molecular weight excluding hydrogens is 208 g/mol.